The van der Waals surface area contributed by atoms with Crippen LogP contribution in [0.5, 0.6) is 5.75 Å². The number of nitro groups is 1. The second kappa shape index (κ2) is 7.90. The van der Waals surface area contributed by atoms with E-state index in [4.69, 9.17) is 4.74 Å². The smallest absolute Gasteiger partial charge is 0.296 e. The van der Waals surface area contributed by atoms with E-state index in [2.05, 4.69) is 22.6 Å². The van der Waals surface area contributed by atoms with Gasteiger partial charge in [-0.1, -0.05) is 6.07 Å². The topological polar surface area (TPSA) is 75.9 Å². The van der Waals surface area contributed by atoms with E-state index in [1.165, 1.54) is 13.2 Å². The van der Waals surface area contributed by atoms with Crippen molar-refractivity contribution in [3.8, 4) is 5.75 Å². The number of piperazine rings is 1. The summed E-state index contributed by atoms with van der Waals surface area (Å²) in [4.78, 5) is 27.3. The van der Waals surface area contributed by atoms with Crippen molar-refractivity contribution < 1.29 is 14.5 Å². The summed E-state index contributed by atoms with van der Waals surface area (Å²) in [5.41, 5.74) is 1.24. The van der Waals surface area contributed by atoms with Gasteiger partial charge >= 0.3 is 0 Å². The van der Waals surface area contributed by atoms with Crippen LogP contribution in [0.15, 0.2) is 42.5 Å². The molecule has 0 saturated carbocycles. The van der Waals surface area contributed by atoms with Crippen molar-refractivity contribution >= 4 is 39.9 Å². The lowest BCUT2D eigenvalue weighted by molar-refractivity contribution is -0.384. The van der Waals surface area contributed by atoms with Crippen molar-refractivity contribution in [2.24, 2.45) is 0 Å². The van der Waals surface area contributed by atoms with E-state index in [0.717, 1.165) is 3.57 Å². The third-order valence-electron chi connectivity index (χ3n) is 4.36. The van der Waals surface area contributed by atoms with E-state index in [9.17, 15) is 14.9 Å². The number of anilines is 1. The fraction of sp³-hybridized carbons (Fsp3) is 0.278. The van der Waals surface area contributed by atoms with Gasteiger partial charge in [-0.3, -0.25) is 14.9 Å². The quantitative estimate of drug-likeness (QED) is 0.393. The first-order valence-corrected chi connectivity index (χ1v) is 9.19. The Morgan fingerprint density at radius 2 is 1.88 bits per heavy atom. The molecule has 1 aliphatic rings. The maximum atomic E-state index is 12.6. The number of carbonyl (C=O) groups is 1. The highest BCUT2D eigenvalue weighted by atomic mass is 127. The Bertz CT molecular complexity index is 835. The van der Waals surface area contributed by atoms with Crippen molar-refractivity contribution in [1.82, 2.24) is 4.90 Å². The van der Waals surface area contributed by atoms with Gasteiger partial charge in [-0.05, 0) is 52.9 Å². The van der Waals surface area contributed by atoms with Crippen LogP contribution in [0.1, 0.15) is 10.4 Å². The monoisotopic (exact) mass is 467 g/mol. The van der Waals surface area contributed by atoms with Crippen LogP contribution in [0.3, 0.4) is 0 Å². The molecule has 2 aromatic carbocycles. The summed E-state index contributed by atoms with van der Waals surface area (Å²) in [6.07, 6.45) is 0. The zero-order valence-corrected chi connectivity index (χ0v) is 16.4. The molecule has 3 rings (SSSR count). The minimum absolute atomic E-state index is 0.00704. The minimum atomic E-state index is -0.402. The molecule has 8 heteroatoms. The van der Waals surface area contributed by atoms with Gasteiger partial charge in [0.05, 0.1) is 18.1 Å². The van der Waals surface area contributed by atoms with Gasteiger partial charge in [0, 0.05) is 35.3 Å². The number of hydrogen-bond acceptors (Lipinski definition) is 5. The molecular formula is C18H18IN3O4. The summed E-state index contributed by atoms with van der Waals surface area (Å²) < 4.78 is 6.09. The van der Waals surface area contributed by atoms with E-state index in [-0.39, 0.29) is 11.6 Å². The standard InChI is InChI=1S/C18H18IN3O4/c1-26-15-5-6-16(17(12-15)22(24)25)20-7-9-21(10-8-20)18(23)13-3-2-4-14(19)11-13/h2-6,11-12H,7-10H2,1H3. The zero-order chi connectivity index (χ0) is 18.7. The number of hydrogen-bond donors (Lipinski definition) is 0. The summed E-state index contributed by atoms with van der Waals surface area (Å²) in [5, 5.41) is 11.4. The Morgan fingerprint density at radius 1 is 1.15 bits per heavy atom. The fourth-order valence-corrected chi connectivity index (χ4v) is 3.54. The number of nitrogens with zero attached hydrogens (tertiary/aromatic N) is 3. The third-order valence-corrected chi connectivity index (χ3v) is 5.03. The number of rotatable bonds is 4. The number of nitro benzene ring substituents is 1. The largest absolute Gasteiger partial charge is 0.496 e. The average molecular weight is 467 g/mol. The highest BCUT2D eigenvalue weighted by Crippen LogP contribution is 2.32. The molecule has 0 atom stereocenters. The van der Waals surface area contributed by atoms with Gasteiger partial charge in [-0.25, -0.2) is 0 Å². The molecule has 0 bridgehead atoms. The highest BCUT2D eigenvalue weighted by molar-refractivity contribution is 14.1. The molecule has 0 unspecified atom stereocenters. The Morgan fingerprint density at radius 3 is 2.50 bits per heavy atom. The Kier molecular flexibility index (Phi) is 5.60. The summed E-state index contributed by atoms with van der Waals surface area (Å²) in [6, 6.07) is 12.3. The van der Waals surface area contributed by atoms with E-state index < -0.39 is 4.92 Å². The first-order chi connectivity index (χ1) is 12.5. The first-order valence-electron chi connectivity index (χ1n) is 8.12. The van der Waals surface area contributed by atoms with E-state index in [1.807, 2.05) is 29.2 Å². The van der Waals surface area contributed by atoms with Crippen molar-refractivity contribution in [2.45, 2.75) is 0 Å². The van der Waals surface area contributed by atoms with Crippen LogP contribution in [0.2, 0.25) is 0 Å². The normalized spacial score (nSPS) is 14.2. The second-order valence-corrected chi connectivity index (χ2v) is 7.15. The maximum absolute atomic E-state index is 12.6. The Balaban J connectivity index is 1.73. The molecule has 0 aromatic heterocycles. The van der Waals surface area contributed by atoms with Crippen molar-refractivity contribution in [3.05, 3.63) is 61.7 Å². The van der Waals surface area contributed by atoms with Crippen LogP contribution in [-0.4, -0.2) is 49.0 Å². The molecule has 136 valence electrons. The number of methoxy groups -OCH3 is 1. The molecule has 1 saturated heterocycles. The van der Waals surface area contributed by atoms with E-state index in [1.54, 1.807) is 17.0 Å². The number of carbonyl (C=O) groups excluding carboxylic acids is 1. The van der Waals surface area contributed by atoms with E-state index >= 15 is 0 Å². The average Bonchev–Trinajstić information content (AvgIpc) is 2.67. The maximum Gasteiger partial charge on any atom is 0.296 e. The SMILES string of the molecule is COc1ccc(N2CCN(C(=O)c3cccc(I)c3)CC2)c([N+](=O)[O-])c1. The number of benzene rings is 2. The van der Waals surface area contributed by atoms with Gasteiger partial charge in [0.15, 0.2) is 0 Å². The molecule has 1 heterocycles. The predicted octanol–water partition coefficient (Wildman–Crippen LogP) is 3.17. The van der Waals surface area contributed by atoms with Gasteiger partial charge in [-0.15, -0.1) is 0 Å². The Labute approximate surface area is 164 Å². The van der Waals surface area contributed by atoms with E-state index in [0.29, 0.717) is 43.2 Å². The van der Waals surface area contributed by atoms with Crippen LogP contribution in [0, 0.1) is 13.7 Å². The summed E-state index contributed by atoms with van der Waals surface area (Å²) >= 11 is 2.18. The molecule has 1 fully saturated rings. The van der Waals surface area contributed by atoms with Gasteiger partial charge in [-0.2, -0.15) is 0 Å². The molecular weight excluding hydrogens is 449 g/mol. The van der Waals surface area contributed by atoms with Gasteiger partial charge in [0.2, 0.25) is 0 Å². The lowest BCUT2D eigenvalue weighted by atomic mass is 10.1. The number of ether oxygens (including phenoxy) is 1. The molecule has 2 aromatic rings. The number of amides is 1. The number of halogens is 1. The summed E-state index contributed by atoms with van der Waals surface area (Å²) in [5.74, 6) is 0.445. The van der Waals surface area contributed by atoms with Crippen LogP contribution in [-0.2, 0) is 0 Å². The third kappa shape index (κ3) is 3.90. The molecule has 0 aliphatic carbocycles. The molecule has 1 aliphatic heterocycles. The van der Waals surface area contributed by atoms with Crippen LogP contribution in [0.4, 0.5) is 11.4 Å². The van der Waals surface area contributed by atoms with Gasteiger partial charge in [0.25, 0.3) is 11.6 Å². The lowest BCUT2D eigenvalue weighted by Gasteiger charge is -2.35. The zero-order valence-electron chi connectivity index (χ0n) is 14.2. The fourth-order valence-electron chi connectivity index (χ4n) is 3.00. The lowest BCUT2D eigenvalue weighted by Crippen LogP contribution is -2.49. The highest BCUT2D eigenvalue weighted by Gasteiger charge is 2.26. The van der Waals surface area contributed by atoms with Crippen LogP contribution < -0.4 is 9.64 Å². The molecule has 7 nitrogen and oxygen atoms in total. The van der Waals surface area contributed by atoms with Crippen LogP contribution in [0.25, 0.3) is 0 Å². The van der Waals surface area contributed by atoms with Gasteiger partial charge < -0.3 is 14.5 Å². The first kappa shape index (κ1) is 18.4. The molecule has 26 heavy (non-hydrogen) atoms. The summed E-state index contributed by atoms with van der Waals surface area (Å²) in [7, 11) is 1.48. The molecule has 0 radical (unpaired) electrons. The molecule has 0 N–H and O–H groups in total. The minimum Gasteiger partial charge on any atom is -0.496 e. The summed E-state index contributed by atoms with van der Waals surface area (Å²) in [6.45, 7) is 2.13. The molecule has 1 amide bonds. The molecule has 0 spiro atoms. The second-order valence-electron chi connectivity index (χ2n) is 5.90. The van der Waals surface area contributed by atoms with Crippen molar-refractivity contribution in [1.29, 1.82) is 0 Å². The van der Waals surface area contributed by atoms with Crippen molar-refractivity contribution in [3.63, 3.8) is 0 Å². The van der Waals surface area contributed by atoms with Crippen molar-refractivity contribution in [2.75, 3.05) is 38.2 Å². The van der Waals surface area contributed by atoms with Gasteiger partial charge in [0.1, 0.15) is 11.4 Å². The van der Waals surface area contributed by atoms with Crippen LogP contribution >= 0.6 is 22.6 Å². The Hall–Kier alpha value is -2.36. The predicted molar refractivity (Wildman–Crippen MR) is 107 cm³/mol.